The average molecular weight is 218 g/mol. The molecule has 6 nitrogen and oxygen atoms in total. The summed E-state index contributed by atoms with van der Waals surface area (Å²) in [5.41, 5.74) is 4.85. The molecule has 1 atom stereocenters. The highest BCUT2D eigenvalue weighted by molar-refractivity contribution is 5.78. The Bertz CT molecular complexity index is 235. The van der Waals surface area contributed by atoms with Crippen LogP contribution < -0.4 is 11.1 Å². The van der Waals surface area contributed by atoms with Crippen LogP contribution in [-0.2, 0) is 14.3 Å². The normalized spacial score (nSPS) is 13.3. The maximum absolute atomic E-state index is 11.2. The average Bonchev–Trinajstić information content (AvgIpc) is 2.00. The SMILES string of the molecule is CC(C)(C)NC(=O)COC[C@H](N)C(=O)O. The minimum Gasteiger partial charge on any atom is -0.480 e. The quantitative estimate of drug-likeness (QED) is 0.568. The fourth-order valence-corrected chi connectivity index (χ4v) is 0.804. The molecule has 88 valence electrons. The third-order valence-electron chi connectivity index (χ3n) is 1.36. The minimum atomic E-state index is -1.15. The Morgan fingerprint density at radius 2 is 2.00 bits per heavy atom. The lowest BCUT2D eigenvalue weighted by Gasteiger charge is -2.20. The highest BCUT2D eigenvalue weighted by Crippen LogP contribution is 1.97. The lowest BCUT2D eigenvalue weighted by atomic mass is 10.1. The summed E-state index contributed by atoms with van der Waals surface area (Å²) in [7, 11) is 0. The highest BCUT2D eigenvalue weighted by atomic mass is 16.5. The number of carboxylic acids is 1. The number of hydrogen-bond donors (Lipinski definition) is 3. The van der Waals surface area contributed by atoms with Crippen LogP contribution in [0.15, 0.2) is 0 Å². The molecular weight excluding hydrogens is 200 g/mol. The molecular formula is C9H18N2O4. The van der Waals surface area contributed by atoms with Crippen molar-refractivity contribution in [2.45, 2.75) is 32.4 Å². The number of ether oxygens (including phenoxy) is 1. The van der Waals surface area contributed by atoms with Gasteiger partial charge in [0, 0.05) is 5.54 Å². The van der Waals surface area contributed by atoms with Gasteiger partial charge >= 0.3 is 5.97 Å². The van der Waals surface area contributed by atoms with E-state index in [-0.39, 0.29) is 24.7 Å². The molecule has 0 rings (SSSR count). The van der Waals surface area contributed by atoms with E-state index >= 15 is 0 Å². The van der Waals surface area contributed by atoms with Gasteiger partial charge < -0.3 is 20.9 Å². The van der Waals surface area contributed by atoms with Gasteiger partial charge in [0.05, 0.1) is 6.61 Å². The molecule has 0 heterocycles. The first-order valence-corrected chi connectivity index (χ1v) is 4.59. The van der Waals surface area contributed by atoms with E-state index in [9.17, 15) is 9.59 Å². The second-order valence-corrected chi connectivity index (χ2v) is 4.26. The number of amides is 1. The first kappa shape index (κ1) is 13.9. The number of rotatable bonds is 5. The van der Waals surface area contributed by atoms with E-state index < -0.39 is 12.0 Å². The van der Waals surface area contributed by atoms with E-state index in [0.29, 0.717) is 0 Å². The van der Waals surface area contributed by atoms with Crippen molar-refractivity contribution >= 4 is 11.9 Å². The summed E-state index contributed by atoms with van der Waals surface area (Å²) >= 11 is 0. The van der Waals surface area contributed by atoms with Crippen LogP contribution in [0.4, 0.5) is 0 Å². The Labute approximate surface area is 88.8 Å². The third-order valence-corrected chi connectivity index (χ3v) is 1.36. The molecule has 0 aliphatic rings. The van der Waals surface area contributed by atoms with Gasteiger partial charge in [0.1, 0.15) is 12.6 Å². The van der Waals surface area contributed by atoms with E-state index in [0.717, 1.165) is 0 Å². The summed E-state index contributed by atoms with van der Waals surface area (Å²) in [6.45, 7) is 5.17. The zero-order chi connectivity index (χ0) is 12.1. The van der Waals surface area contributed by atoms with E-state index in [4.69, 9.17) is 15.6 Å². The zero-order valence-electron chi connectivity index (χ0n) is 9.24. The van der Waals surface area contributed by atoms with Crippen LogP contribution in [0.5, 0.6) is 0 Å². The predicted octanol–water partition coefficient (Wildman–Crippen LogP) is -0.670. The molecule has 4 N–H and O–H groups in total. The lowest BCUT2D eigenvalue weighted by Crippen LogP contribution is -2.43. The monoisotopic (exact) mass is 218 g/mol. The largest absolute Gasteiger partial charge is 0.480 e. The topological polar surface area (TPSA) is 102 Å². The van der Waals surface area contributed by atoms with Gasteiger partial charge in [0.25, 0.3) is 0 Å². The summed E-state index contributed by atoms with van der Waals surface area (Å²) in [5, 5.41) is 11.1. The maximum Gasteiger partial charge on any atom is 0.322 e. The van der Waals surface area contributed by atoms with Gasteiger partial charge in [-0.2, -0.15) is 0 Å². The van der Waals surface area contributed by atoms with Crippen LogP contribution in [0.2, 0.25) is 0 Å². The molecule has 6 heteroatoms. The molecule has 15 heavy (non-hydrogen) atoms. The number of nitrogens with one attached hydrogen (secondary N) is 1. The number of hydrogen-bond acceptors (Lipinski definition) is 4. The predicted molar refractivity (Wildman–Crippen MR) is 54.3 cm³/mol. The Balaban J connectivity index is 3.69. The summed E-state index contributed by atoms with van der Waals surface area (Å²) in [5.74, 6) is -1.44. The van der Waals surface area contributed by atoms with Gasteiger partial charge in [-0.25, -0.2) is 0 Å². The number of carbonyl (C=O) groups excluding carboxylic acids is 1. The van der Waals surface area contributed by atoms with Gasteiger partial charge in [-0.1, -0.05) is 0 Å². The highest BCUT2D eigenvalue weighted by Gasteiger charge is 2.15. The summed E-state index contributed by atoms with van der Waals surface area (Å²) in [6.07, 6.45) is 0. The van der Waals surface area contributed by atoms with Crippen LogP contribution in [0, 0.1) is 0 Å². The van der Waals surface area contributed by atoms with Crippen LogP contribution in [0.1, 0.15) is 20.8 Å². The summed E-state index contributed by atoms with van der Waals surface area (Å²) < 4.78 is 4.85. The number of aliphatic carboxylic acids is 1. The standard InChI is InChI=1S/C9H18N2O4/c1-9(2,3)11-7(12)5-15-4-6(10)8(13)14/h6H,4-5,10H2,1-3H3,(H,11,12)(H,13,14)/t6-/m0/s1. The van der Waals surface area contributed by atoms with Crippen molar-refractivity contribution in [1.29, 1.82) is 0 Å². The first-order valence-electron chi connectivity index (χ1n) is 4.59. The molecule has 0 spiro atoms. The maximum atomic E-state index is 11.2. The molecule has 0 bridgehead atoms. The fourth-order valence-electron chi connectivity index (χ4n) is 0.804. The molecule has 0 saturated carbocycles. The van der Waals surface area contributed by atoms with Crippen molar-refractivity contribution in [2.75, 3.05) is 13.2 Å². The number of carbonyl (C=O) groups is 2. The van der Waals surface area contributed by atoms with E-state index in [1.807, 2.05) is 20.8 Å². The fraction of sp³-hybridized carbons (Fsp3) is 0.778. The van der Waals surface area contributed by atoms with Crippen molar-refractivity contribution in [3.05, 3.63) is 0 Å². The molecule has 0 unspecified atom stereocenters. The Kier molecular flexibility index (Phi) is 5.24. The van der Waals surface area contributed by atoms with Crippen LogP contribution in [0.3, 0.4) is 0 Å². The first-order chi connectivity index (χ1) is 6.72. The molecule has 0 aromatic heterocycles. The van der Waals surface area contributed by atoms with Gasteiger partial charge in [0.2, 0.25) is 5.91 Å². The van der Waals surface area contributed by atoms with Crippen LogP contribution in [-0.4, -0.2) is 41.8 Å². The van der Waals surface area contributed by atoms with E-state index in [2.05, 4.69) is 5.32 Å². The van der Waals surface area contributed by atoms with E-state index in [1.54, 1.807) is 0 Å². The van der Waals surface area contributed by atoms with Gasteiger partial charge in [0.15, 0.2) is 0 Å². The molecule has 0 aliphatic heterocycles. The Morgan fingerprint density at radius 1 is 1.47 bits per heavy atom. The third kappa shape index (κ3) is 7.90. The second kappa shape index (κ2) is 5.67. The van der Waals surface area contributed by atoms with Gasteiger partial charge in [-0.15, -0.1) is 0 Å². The van der Waals surface area contributed by atoms with Crippen LogP contribution in [0.25, 0.3) is 0 Å². The zero-order valence-corrected chi connectivity index (χ0v) is 9.24. The molecule has 0 aromatic rings. The van der Waals surface area contributed by atoms with Crippen molar-refractivity contribution in [3.8, 4) is 0 Å². The van der Waals surface area contributed by atoms with Crippen molar-refractivity contribution < 1.29 is 19.4 Å². The number of nitrogens with two attached hydrogens (primary N) is 1. The molecule has 0 aliphatic carbocycles. The van der Waals surface area contributed by atoms with Crippen molar-refractivity contribution in [2.24, 2.45) is 5.73 Å². The molecule has 0 saturated heterocycles. The van der Waals surface area contributed by atoms with Crippen molar-refractivity contribution in [3.63, 3.8) is 0 Å². The summed E-state index contributed by atoms with van der Waals surface area (Å²) in [4.78, 5) is 21.5. The summed E-state index contributed by atoms with van der Waals surface area (Å²) in [6, 6.07) is -1.09. The van der Waals surface area contributed by atoms with Gasteiger partial charge in [-0.05, 0) is 20.8 Å². The smallest absolute Gasteiger partial charge is 0.322 e. The van der Waals surface area contributed by atoms with E-state index in [1.165, 1.54) is 0 Å². The Morgan fingerprint density at radius 3 is 2.40 bits per heavy atom. The molecule has 0 aromatic carbocycles. The van der Waals surface area contributed by atoms with Gasteiger partial charge in [-0.3, -0.25) is 9.59 Å². The molecule has 0 radical (unpaired) electrons. The minimum absolute atomic E-state index is 0.174. The Hall–Kier alpha value is -1.14. The van der Waals surface area contributed by atoms with Crippen LogP contribution >= 0.6 is 0 Å². The number of carboxylic acid groups (broad SMARTS) is 1. The molecule has 1 amide bonds. The second-order valence-electron chi connectivity index (χ2n) is 4.26. The van der Waals surface area contributed by atoms with Crippen molar-refractivity contribution in [1.82, 2.24) is 5.32 Å². The lowest BCUT2D eigenvalue weighted by molar-refractivity contribution is -0.141. The molecule has 0 fully saturated rings.